The predicted octanol–water partition coefficient (Wildman–Crippen LogP) is 1.69. The van der Waals surface area contributed by atoms with Gasteiger partial charge in [-0.2, -0.15) is 0 Å². The van der Waals surface area contributed by atoms with E-state index >= 15 is 0 Å². The molecule has 0 spiro atoms. The van der Waals surface area contributed by atoms with Gasteiger partial charge in [-0.1, -0.05) is 34.1 Å². The highest BCUT2D eigenvalue weighted by Gasteiger charge is 2.18. The smallest absolute Gasteiger partial charge is 0.322 e. The number of hydrogen-bond donors (Lipinski definition) is 2. The minimum atomic E-state index is -0.168. The lowest BCUT2D eigenvalue weighted by Crippen LogP contribution is -2.41. The number of methoxy groups -OCH3 is 1. The molecule has 0 fully saturated rings. The zero-order chi connectivity index (χ0) is 13.3. The third-order valence-electron chi connectivity index (χ3n) is 2.49. The maximum Gasteiger partial charge on any atom is 0.322 e. The summed E-state index contributed by atoms with van der Waals surface area (Å²) in [4.78, 5) is 11.5. The molecule has 0 saturated heterocycles. The summed E-state index contributed by atoms with van der Waals surface area (Å²) < 4.78 is 4.79. The average Bonchev–Trinajstić information content (AvgIpc) is 2.25. The lowest BCUT2D eigenvalue weighted by Gasteiger charge is -2.19. The number of rotatable bonds is 9. The lowest BCUT2D eigenvalue weighted by molar-refractivity contribution is -0.143. The van der Waals surface area contributed by atoms with Crippen molar-refractivity contribution < 1.29 is 9.53 Å². The molecule has 4 nitrogen and oxygen atoms in total. The topological polar surface area (TPSA) is 50.4 Å². The van der Waals surface area contributed by atoms with Gasteiger partial charge in [0.2, 0.25) is 0 Å². The molecule has 0 aromatic carbocycles. The predicted molar refractivity (Wildman–Crippen MR) is 71.1 cm³/mol. The van der Waals surface area contributed by atoms with Gasteiger partial charge in [0.05, 0.1) is 7.11 Å². The van der Waals surface area contributed by atoms with Crippen LogP contribution >= 0.6 is 0 Å². The van der Waals surface area contributed by atoms with Crippen LogP contribution in [0.2, 0.25) is 0 Å². The number of nitrogens with one attached hydrogen (secondary N) is 2. The van der Waals surface area contributed by atoms with E-state index in [-0.39, 0.29) is 12.0 Å². The molecule has 17 heavy (non-hydrogen) atoms. The van der Waals surface area contributed by atoms with Crippen LogP contribution in [0, 0.1) is 0 Å². The van der Waals surface area contributed by atoms with Crippen LogP contribution in [0.1, 0.15) is 47.0 Å². The Morgan fingerprint density at radius 2 is 1.76 bits per heavy atom. The minimum Gasteiger partial charge on any atom is -0.468 e. The SMILES string of the molecule is COC(=O)[C@H](CCCCNC(C)C)NC(C)C. The van der Waals surface area contributed by atoms with E-state index < -0.39 is 0 Å². The molecular weight excluding hydrogens is 216 g/mol. The Bertz CT molecular complexity index is 206. The summed E-state index contributed by atoms with van der Waals surface area (Å²) in [6, 6.07) is 0.659. The Kier molecular flexibility index (Phi) is 9.09. The Labute approximate surface area is 105 Å². The summed E-state index contributed by atoms with van der Waals surface area (Å²) in [7, 11) is 1.44. The third kappa shape index (κ3) is 9.12. The molecule has 0 aromatic rings. The number of carbonyl (C=O) groups is 1. The van der Waals surface area contributed by atoms with Crippen molar-refractivity contribution >= 4 is 5.97 Å². The minimum absolute atomic E-state index is 0.157. The van der Waals surface area contributed by atoms with Crippen LogP contribution in [0.4, 0.5) is 0 Å². The summed E-state index contributed by atoms with van der Waals surface area (Å²) in [6.07, 6.45) is 2.95. The van der Waals surface area contributed by atoms with Crippen LogP contribution in [-0.4, -0.2) is 37.7 Å². The van der Waals surface area contributed by atoms with Crippen LogP contribution in [0.5, 0.6) is 0 Å². The van der Waals surface area contributed by atoms with E-state index in [4.69, 9.17) is 4.74 Å². The zero-order valence-electron chi connectivity index (χ0n) is 11.9. The van der Waals surface area contributed by atoms with Gasteiger partial charge < -0.3 is 15.4 Å². The second kappa shape index (κ2) is 9.42. The molecule has 2 N–H and O–H groups in total. The van der Waals surface area contributed by atoms with Gasteiger partial charge in [-0.15, -0.1) is 0 Å². The van der Waals surface area contributed by atoms with Crippen molar-refractivity contribution in [2.75, 3.05) is 13.7 Å². The summed E-state index contributed by atoms with van der Waals surface area (Å²) in [5, 5.41) is 6.60. The first kappa shape index (κ1) is 16.4. The molecule has 0 aliphatic carbocycles. The van der Waals surface area contributed by atoms with Gasteiger partial charge in [0.25, 0.3) is 0 Å². The van der Waals surface area contributed by atoms with Crippen molar-refractivity contribution in [1.82, 2.24) is 10.6 Å². The van der Waals surface area contributed by atoms with E-state index in [0.717, 1.165) is 25.8 Å². The average molecular weight is 244 g/mol. The second-order valence-corrected chi connectivity index (χ2v) is 5.00. The molecule has 0 rings (SSSR count). The lowest BCUT2D eigenvalue weighted by atomic mass is 10.1. The molecule has 0 unspecified atom stereocenters. The van der Waals surface area contributed by atoms with E-state index in [9.17, 15) is 4.79 Å². The standard InChI is InChI=1S/C13H28N2O2/c1-10(2)14-9-7-6-8-12(13(16)17-5)15-11(3)4/h10-12,14-15H,6-9H2,1-5H3/t12-/m0/s1. The Morgan fingerprint density at radius 1 is 1.12 bits per heavy atom. The second-order valence-electron chi connectivity index (χ2n) is 5.00. The van der Waals surface area contributed by atoms with Crippen LogP contribution in [0.3, 0.4) is 0 Å². The fourth-order valence-corrected chi connectivity index (χ4v) is 1.68. The molecule has 0 aliphatic rings. The summed E-state index contributed by atoms with van der Waals surface area (Å²) >= 11 is 0. The van der Waals surface area contributed by atoms with Crippen molar-refractivity contribution in [1.29, 1.82) is 0 Å². The largest absolute Gasteiger partial charge is 0.468 e. The van der Waals surface area contributed by atoms with E-state index in [2.05, 4.69) is 24.5 Å². The van der Waals surface area contributed by atoms with E-state index in [1.165, 1.54) is 7.11 Å². The molecule has 102 valence electrons. The normalized spacial score (nSPS) is 13.1. The monoisotopic (exact) mass is 244 g/mol. The first-order valence-electron chi connectivity index (χ1n) is 6.54. The van der Waals surface area contributed by atoms with Crippen molar-refractivity contribution in [3.63, 3.8) is 0 Å². The number of hydrogen-bond acceptors (Lipinski definition) is 4. The highest BCUT2D eigenvalue weighted by molar-refractivity contribution is 5.75. The van der Waals surface area contributed by atoms with Crippen LogP contribution in [0.15, 0.2) is 0 Å². The molecule has 0 radical (unpaired) electrons. The van der Waals surface area contributed by atoms with Gasteiger partial charge in [-0.3, -0.25) is 4.79 Å². The van der Waals surface area contributed by atoms with Crippen molar-refractivity contribution in [3.05, 3.63) is 0 Å². The van der Waals surface area contributed by atoms with Gasteiger partial charge in [0, 0.05) is 12.1 Å². The van der Waals surface area contributed by atoms with Crippen LogP contribution in [-0.2, 0) is 9.53 Å². The number of carbonyl (C=O) groups excluding carboxylic acids is 1. The van der Waals surface area contributed by atoms with Crippen LogP contribution < -0.4 is 10.6 Å². The summed E-state index contributed by atoms with van der Waals surface area (Å²) in [5.74, 6) is -0.157. The van der Waals surface area contributed by atoms with Gasteiger partial charge in [-0.25, -0.2) is 0 Å². The highest BCUT2D eigenvalue weighted by Crippen LogP contribution is 2.04. The molecular formula is C13H28N2O2. The van der Waals surface area contributed by atoms with Crippen molar-refractivity contribution in [2.24, 2.45) is 0 Å². The fraction of sp³-hybridized carbons (Fsp3) is 0.923. The molecule has 0 aromatic heterocycles. The van der Waals surface area contributed by atoms with Crippen molar-refractivity contribution in [2.45, 2.75) is 65.1 Å². The van der Waals surface area contributed by atoms with E-state index in [1.807, 2.05) is 13.8 Å². The molecule has 4 heteroatoms. The molecule has 0 aliphatic heterocycles. The highest BCUT2D eigenvalue weighted by atomic mass is 16.5. The van der Waals surface area contributed by atoms with Gasteiger partial charge >= 0.3 is 5.97 Å². The van der Waals surface area contributed by atoms with Gasteiger partial charge in [-0.05, 0) is 19.4 Å². The molecule has 0 bridgehead atoms. The van der Waals surface area contributed by atoms with Crippen molar-refractivity contribution in [3.8, 4) is 0 Å². The van der Waals surface area contributed by atoms with E-state index in [0.29, 0.717) is 12.1 Å². The van der Waals surface area contributed by atoms with Gasteiger partial charge in [0.1, 0.15) is 6.04 Å². The molecule has 0 heterocycles. The maximum absolute atomic E-state index is 11.5. The summed E-state index contributed by atoms with van der Waals surface area (Å²) in [5.41, 5.74) is 0. The number of esters is 1. The van der Waals surface area contributed by atoms with Crippen LogP contribution in [0.25, 0.3) is 0 Å². The molecule has 0 saturated carbocycles. The Morgan fingerprint density at radius 3 is 2.24 bits per heavy atom. The first-order chi connectivity index (χ1) is 7.97. The van der Waals surface area contributed by atoms with E-state index in [1.54, 1.807) is 0 Å². The Balaban J connectivity index is 3.80. The molecule has 1 atom stereocenters. The number of unbranched alkanes of at least 4 members (excludes halogenated alkanes) is 1. The quantitative estimate of drug-likeness (QED) is 0.479. The fourth-order valence-electron chi connectivity index (χ4n) is 1.68. The first-order valence-corrected chi connectivity index (χ1v) is 6.54. The maximum atomic E-state index is 11.5. The number of ether oxygens (including phenoxy) is 1. The summed E-state index contributed by atoms with van der Waals surface area (Å²) in [6.45, 7) is 9.36. The van der Waals surface area contributed by atoms with Gasteiger partial charge in [0.15, 0.2) is 0 Å². The third-order valence-corrected chi connectivity index (χ3v) is 2.49. The zero-order valence-corrected chi connectivity index (χ0v) is 11.9. The Hall–Kier alpha value is -0.610. The molecule has 0 amide bonds.